The van der Waals surface area contributed by atoms with Gasteiger partial charge in [-0.25, -0.2) is 4.52 Å². The predicted molar refractivity (Wildman–Crippen MR) is 124 cm³/mol. The Morgan fingerprint density at radius 1 is 1.09 bits per heavy atom. The maximum absolute atomic E-state index is 9.79. The number of phenolic OH excluding ortho intramolecular Hbond substituents is 1. The van der Waals surface area contributed by atoms with Crippen LogP contribution in [0.25, 0.3) is 16.8 Å². The highest BCUT2D eigenvalue weighted by Crippen LogP contribution is 2.31. The van der Waals surface area contributed by atoms with E-state index >= 15 is 0 Å². The Morgan fingerprint density at radius 2 is 1.97 bits per heavy atom. The highest BCUT2D eigenvalue weighted by molar-refractivity contribution is 6.33. The summed E-state index contributed by atoms with van der Waals surface area (Å²) >= 11 is 6.29. The molecule has 0 bridgehead atoms. The number of aromatic nitrogens is 4. The van der Waals surface area contributed by atoms with Crippen LogP contribution in [-0.2, 0) is 0 Å². The number of hydrogen-bond acceptors (Lipinski definition) is 7. The molecule has 2 N–H and O–H groups in total. The molecule has 32 heavy (non-hydrogen) atoms. The van der Waals surface area contributed by atoms with Crippen LogP contribution in [0.5, 0.6) is 11.5 Å². The van der Waals surface area contributed by atoms with Crippen molar-refractivity contribution in [3.05, 3.63) is 60.0 Å². The third kappa shape index (κ3) is 4.61. The summed E-state index contributed by atoms with van der Waals surface area (Å²) in [5, 5.41) is 18.0. The molecule has 5 rings (SSSR count). The molecule has 1 aliphatic heterocycles. The standard InChI is InChI=1S/C23H23ClN6O2/c24-21-5-4-18(31)12-20(21)16-3-6-22-27-23(28-30(22)15-16)26-17-11-19(14-25-13-17)32-10-9-29-7-1-2-8-29/h3-6,11-15,31H,1-2,7-10H2,(H,26,28). The van der Waals surface area contributed by atoms with Gasteiger partial charge in [-0.1, -0.05) is 11.6 Å². The summed E-state index contributed by atoms with van der Waals surface area (Å²) in [5.41, 5.74) is 2.97. The number of pyridine rings is 2. The molecule has 1 aromatic carbocycles. The first-order valence-corrected chi connectivity index (χ1v) is 10.9. The molecular weight excluding hydrogens is 428 g/mol. The fourth-order valence-corrected chi connectivity index (χ4v) is 4.05. The van der Waals surface area contributed by atoms with Crippen molar-refractivity contribution in [1.29, 1.82) is 0 Å². The number of likely N-dealkylation sites (tertiary alicyclic amines) is 1. The minimum absolute atomic E-state index is 0.153. The van der Waals surface area contributed by atoms with Crippen molar-refractivity contribution in [2.24, 2.45) is 0 Å². The number of anilines is 2. The normalized spacial score (nSPS) is 14.2. The zero-order valence-electron chi connectivity index (χ0n) is 17.4. The summed E-state index contributed by atoms with van der Waals surface area (Å²) in [6, 6.07) is 10.5. The second kappa shape index (κ2) is 9.02. The summed E-state index contributed by atoms with van der Waals surface area (Å²) in [4.78, 5) is 11.2. The summed E-state index contributed by atoms with van der Waals surface area (Å²) in [5.74, 6) is 1.31. The number of halogens is 1. The van der Waals surface area contributed by atoms with E-state index in [2.05, 4.69) is 25.3 Å². The molecule has 1 fully saturated rings. The molecule has 0 unspecified atom stereocenters. The number of fused-ring (bicyclic) bond motifs is 1. The Labute approximate surface area is 190 Å². The smallest absolute Gasteiger partial charge is 0.247 e. The maximum Gasteiger partial charge on any atom is 0.247 e. The van der Waals surface area contributed by atoms with Gasteiger partial charge in [0.2, 0.25) is 5.95 Å². The van der Waals surface area contributed by atoms with Gasteiger partial charge in [0.1, 0.15) is 18.1 Å². The van der Waals surface area contributed by atoms with Crippen molar-refractivity contribution in [1.82, 2.24) is 24.5 Å². The topological polar surface area (TPSA) is 87.8 Å². The highest BCUT2D eigenvalue weighted by atomic mass is 35.5. The number of nitrogens with one attached hydrogen (secondary N) is 1. The first kappa shape index (κ1) is 20.5. The van der Waals surface area contributed by atoms with Crippen molar-refractivity contribution in [2.45, 2.75) is 12.8 Å². The minimum atomic E-state index is 0.153. The second-order valence-electron chi connectivity index (χ2n) is 7.75. The predicted octanol–water partition coefficient (Wildman–Crippen LogP) is 4.37. The van der Waals surface area contributed by atoms with Crippen LogP contribution in [0, 0.1) is 0 Å². The Kier molecular flexibility index (Phi) is 5.79. The summed E-state index contributed by atoms with van der Waals surface area (Å²) in [6.07, 6.45) is 7.78. The van der Waals surface area contributed by atoms with Crippen molar-refractivity contribution in [3.63, 3.8) is 0 Å². The molecule has 164 valence electrons. The van der Waals surface area contributed by atoms with E-state index in [9.17, 15) is 5.11 Å². The lowest BCUT2D eigenvalue weighted by molar-refractivity contribution is 0.237. The van der Waals surface area contributed by atoms with Crippen LogP contribution in [-0.4, -0.2) is 55.8 Å². The van der Waals surface area contributed by atoms with E-state index in [0.29, 0.717) is 29.0 Å². The number of aromatic hydroxyl groups is 1. The van der Waals surface area contributed by atoms with Gasteiger partial charge in [0.25, 0.3) is 0 Å². The third-order valence-electron chi connectivity index (χ3n) is 5.44. The molecule has 0 atom stereocenters. The van der Waals surface area contributed by atoms with Gasteiger partial charge in [-0.15, -0.1) is 5.10 Å². The van der Waals surface area contributed by atoms with Crippen LogP contribution in [0.2, 0.25) is 5.02 Å². The molecule has 1 aliphatic rings. The molecule has 1 saturated heterocycles. The van der Waals surface area contributed by atoms with Gasteiger partial charge in [-0.2, -0.15) is 4.98 Å². The first-order valence-electron chi connectivity index (χ1n) is 10.6. The van der Waals surface area contributed by atoms with E-state index in [1.807, 2.05) is 24.4 Å². The van der Waals surface area contributed by atoms with Gasteiger partial charge in [0.15, 0.2) is 5.65 Å². The lowest BCUT2D eigenvalue weighted by Gasteiger charge is -2.15. The Balaban J connectivity index is 1.29. The highest BCUT2D eigenvalue weighted by Gasteiger charge is 2.12. The molecule has 4 heterocycles. The molecule has 3 aromatic heterocycles. The number of hydrogen-bond donors (Lipinski definition) is 2. The lowest BCUT2D eigenvalue weighted by Crippen LogP contribution is -2.25. The van der Waals surface area contributed by atoms with E-state index in [1.165, 1.54) is 12.8 Å². The van der Waals surface area contributed by atoms with E-state index in [4.69, 9.17) is 16.3 Å². The summed E-state index contributed by atoms with van der Waals surface area (Å²) < 4.78 is 7.54. The van der Waals surface area contributed by atoms with Crippen molar-refractivity contribution in [2.75, 3.05) is 31.6 Å². The van der Waals surface area contributed by atoms with Crippen LogP contribution in [0.1, 0.15) is 12.8 Å². The molecule has 8 nitrogen and oxygen atoms in total. The fraction of sp³-hybridized carbons (Fsp3) is 0.261. The SMILES string of the molecule is Oc1ccc(Cl)c(-c2ccc3nc(Nc4cncc(OCCN5CCCC5)c4)nn3c2)c1. The van der Waals surface area contributed by atoms with Gasteiger partial charge >= 0.3 is 0 Å². The van der Waals surface area contributed by atoms with Gasteiger partial charge in [-0.05, 0) is 56.3 Å². The Morgan fingerprint density at radius 3 is 2.84 bits per heavy atom. The average Bonchev–Trinajstić information content (AvgIpc) is 3.44. The van der Waals surface area contributed by atoms with E-state index in [1.54, 1.807) is 35.1 Å². The first-order chi connectivity index (χ1) is 15.6. The number of phenols is 1. The Bertz CT molecular complexity index is 1240. The average molecular weight is 451 g/mol. The number of nitrogens with zero attached hydrogens (tertiary/aromatic N) is 5. The number of benzene rings is 1. The molecule has 0 spiro atoms. The van der Waals surface area contributed by atoms with Crippen LogP contribution < -0.4 is 10.1 Å². The van der Waals surface area contributed by atoms with Gasteiger partial charge in [0.05, 0.1) is 18.1 Å². The largest absolute Gasteiger partial charge is 0.508 e. The molecule has 4 aromatic rings. The van der Waals surface area contributed by atoms with E-state index in [0.717, 1.165) is 36.4 Å². The number of ether oxygens (including phenoxy) is 1. The Hall–Kier alpha value is -3.36. The van der Waals surface area contributed by atoms with Gasteiger partial charge < -0.3 is 15.2 Å². The van der Waals surface area contributed by atoms with Crippen LogP contribution in [0.3, 0.4) is 0 Å². The molecular formula is C23H23ClN6O2. The van der Waals surface area contributed by atoms with Crippen molar-refractivity contribution >= 4 is 28.9 Å². The molecule has 0 amide bonds. The fourth-order valence-electron chi connectivity index (χ4n) is 3.82. The third-order valence-corrected chi connectivity index (χ3v) is 5.77. The quantitative estimate of drug-likeness (QED) is 0.432. The van der Waals surface area contributed by atoms with Gasteiger partial charge in [0, 0.05) is 35.0 Å². The molecule has 0 aliphatic carbocycles. The van der Waals surface area contributed by atoms with Crippen LogP contribution >= 0.6 is 11.6 Å². The van der Waals surface area contributed by atoms with Crippen molar-refractivity contribution in [3.8, 4) is 22.6 Å². The second-order valence-corrected chi connectivity index (χ2v) is 8.16. The molecule has 0 radical (unpaired) electrons. The van der Waals surface area contributed by atoms with Crippen LogP contribution in [0.15, 0.2) is 55.0 Å². The zero-order valence-corrected chi connectivity index (χ0v) is 18.2. The van der Waals surface area contributed by atoms with Gasteiger partial charge in [-0.3, -0.25) is 9.88 Å². The summed E-state index contributed by atoms with van der Waals surface area (Å²) in [7, 11) is 0. The van der Waals surface area contributed by atoms with Crippen LogP contribution in [0.4, 0.5) is 11.6 Å². The van der Waals surface area contributed by atoms with E-state index < -0.39 is 0 Å². The number of rotatable bonds is 7. The maximum atomic E-state index is 9.79. The summed E-state index contributed by atoms with van der Waals surface area (Å²) in [6.45, 7) is 3.87. The molecule has 9 heteroatoms. The molecule has 0 saturated carbocycles. The lowest BCUT2D eigenvalue weighted by atomic mass is 10.1. The zero-order chi connectivity index (χ0) is 21.9. The monoisotopic (exact) mass is 450 g/mol. The van der Waals surface area contributed by atoms with Crippen molar-refractivity contribution < 1.29 is 9.84 Å². The van der Waals surface area contributed by atoms with E-state index in [-0.39, 0.29) is 5.75 Å². The minimum Gasteiger partial charge on any atom is -0.508 e.